The van der Waals surface area contributed by atoms with Gasteiger partial charge in [-0.3, -0.25) is 4.79 Å². The maximum Gasteiger partial charge on any atom is 0.326 e. The summed E-state index contributed by atoms with van der Waals surface area (Å²) in [7, 11) is 1.51. The Labute approximate surface area is 102 Å². The molecule has 0 aromatic carbocycles. The fraction of sp³-hybridized carbons (Fsp3) is 0.833. The van der Waals surface area contributed by atoms with Gasteiger partial charge in [0.1, 0.15) is 6.04 Å². The van der Waals surface area contributed by atoms with Crippen LogP contribution in [0.3, 0.4) is 0 Å². The Bertz CT molecular complexity index is 319. The SMILES string of the molecule is CC1CCCC(N)(C(=O)N(C)C(C)C(=O)O)C1. The Hall–Kier alpha value is -1.10. The minimum atomic E-state index is -1.01. The summed E-state index contributed by atoms with van der Waals surface area (Å²) in [5.74, 6) is -0.835. The maximum absolute atomic E-state index is 12.2. The Balaban J connectivity index is 2.77. The van der Waals surface area contributed by atoms with E-state index in [1.807, 2.05) is 0 Å². The molecule has 0 saturated heterocycles. The summed E-state index contributed by atoms with van der Waals surface area (Å²) >= 11 is 0. The Morgan fingerprint density at radius 1 is 1.53 bits per heavy atom. The number of carboxylic acids is 1. The molecule has 5 heteroatoms. The molecule has 1 saturated carbocycles. The third kappa shape index (κ3) is 2.97. The van der Waals surface area contributed by atoms with Gasteiger partial charge in [-0.25, -0.2) is 4.79 Å². The third-order valence-electron chi connectivity index (χ3n) is 3.72. The number of hydrogen-bond acceptors (Lipinski definition) is 3. The van der Waals surface area contributed by atoms with Crippen molar-refractivity contribution in [1.29, 1.82) is 0 Å². The summed E-state index contributed by atoms with van der Waals surface area (Å²) < 4.78 is 0. The minimum Gasteiger partial charge on any atom is -0.480 e. The van der Waals surface area contributed by atoms with Gasteiger partial charge in [-0.1, -0.05) is 19.8 Å². The van der Waals surface area contributed by atoms with Crippen molar-refractivity contribution in [3.8, 4) is 0 Å². The van der Waals surface area contributed by atoms with E-state index in [9.17, 15) is 9.59 Å². The highest BCUT2D eigenvalue weighted by molar-refractivity contribution is 5.89. The molecule has 0 heterocycles. The van der Waals surface area contributed by atoms with Crippen LogP contribution >= 0.6 is 0 Å². The average molecular weight is 242 g/mol. The van der Waals surface area contributed by atoms with Crippen molar-refractivity contribution in [2.24, 2.45) is 11.7 Å². The zero-order valence-electron chi connectivity index (χ0n) is 10.8. The lowest BCUT2D eigenvalue weighted by Crippen LogP contribution is -2.59. The Morgan fingerprint density at radius 3 is 2.59 bits per heavy atom. The summed E-state index contributed by atoms with van der Waals surface area (Å²) in [6.07, 6.45) is 3.30. The summed E-state index contributed by atoms with van der Waals surface area (Å²) in [6, 6.07) is -0.833. The van der Waals surface area contributed by atoms with E-state index in [0.29, 0.717) is 18.8 Å². The highest BCUT2D eigenvalue weighted by Crippen LogP contribution is 2.31. The molecule has 1 aliphatic rings. The molecule has 0 spiro atoms. The summed E-state index contributed by atoms with van der Waals surface area (Å²) in [4.78, 5) is 24.4. The highest BCUT2D eigenvalue weighted by Gasteiger charge is 2.41. The first-order chi connectivity index (χ1) is 7.78. The van der Waals surface area contributed by atoms with Crippen LogP contribution in [0.2, 0.25) is 0 Å². The van der Waals surface area contributed by atoms with E-state index < -0.39 is 17.6 Å². The second-order valence-corrected chi connectivity index (χ2v) is 5.29. The van der Waals surface area contributed by atoms with Gasteiger partial charge in [0.2, 0.25) is 5.91 Å². The van der Waals surface area contributed by atoms with Gasteiger partial charge < -0.3 is 15.7 Å². The van der Waals surface area contributed by atoms with Gasteiger partial charge in [0.15, 0.2) is 0 Å². The monoisotopic (exact) mass is 242 g/mol. The first-order valence-corrected chi connectivity index (χ1v) is 6.07. The van der Waals surface area contributed by atoms with Crippen LogP contribution in [0, 0.1) is 5.92 Å². The predicted molar refractivity (Wildman–Crippen MR) is 64.4 cm³/mol. The Kier molecular flexibility index (Phi) is 4.14. The van der Waals surface area contributed by atoms with Crippen molar-refractivity contribution < 1.29 is 14.7 Å². The number of carbonyl (C=O) groups excluding carboxylic acids is 1. The van der Waals surface area contributed by atoms with Crippen LogP contribution < -0.4 is 5.73 Å². The topological polar surface area (TPSA) is 83.6 Å². The van der Waals surface area contributed by atoms with Gasteiger partial charge in [-0.05, 0) is 25.7 Å². The van der Waals surface area contributed by atoms with Crippen molar-refractivity contribution in [2.45, 2.75) is 51.1 Å². The van der Waals surface area contributed by atoms with Gasteiger partial charge in [0, 0.05) is 7.05 Å². The van der Waals surface area contributed by atoms with Crippen molar-refractivity contribution in [3.63, 3.8) is 0 Å². The summed E-state index contributed by atoms with van der Waals surface area (Å²) in [5.41, 5.74) is 5.27. The van der Waals surface area contributed by atoms with E-state index in [1.54, 1.807) is 0 Å². The molecule has 1 fully saturated rings. The molecule has 5 nitrogen and oxygen atoms in total. The fourth-order valence-corrected chi connectivity index (χ4v) is 2.48. The lowest BCUT2D eigenvalue weighted by Gasteiger charge is -2.39. The molecule has 1 amide bonds. The van der Waals surface area contributed by atoms with Crippen molar-refractivity contribution in [2.75, 3.05) is 7.05 Å². The van der Waals surface area contributed by atoms with E-state index in [1.165, 1.54) is 18.9 Å². The van der Waals surface area contributed by atoms with Crippen LogP contribution in [-0.2, 0) is 9.59 Å². The second kappa shape index (κ2) is 5.04. The van der Waals surface area contributed by atoms with Gasteiger partial charge >= 0.3 is 5.97 Å². The smallest absolute Gasteiger partial charge is 0.326 e. The number of hydrogen-bond donors (Lipinski definition) is 2. The van der Waals surface area contributed by atoms with Crippen molar-refractivity contribution >= 4 is 11.9 Å². The first-order valence-electron chi connectivity index (χ1n) is 6.07. The molecule has 0 radical (unpaired) electrons. The summed E-state index contributed by atoms with van der Waals surface area (Å²) in [6.45, 7) is 3.57. The lowest BCUT2D eigenvalue weighted by molar-refractivity contribution is -0.151. The molecule has 1 rings (SSSR count). The van der Waals surface area contributed by atoms with Crippen LogP contribution in [0.25, 0.3) is 0 Å². The van der Waals surface area contributed by atoms with Crippen LogP contribution in [0.15, 0.2) is 0 Å². The number of nitrogens with two attached hydrogens (primary N) is 1. The summed E-state index contributed by atoms with van der Waals surface area (Å²) in [5, 5.41) is 8.90. The molecule has 17 heavy (non-hydrogen) atoms. The van der Waals surface area contributed by atoms with E-state index in [-0.39, 0.29) is 5.91 Å². The van der Waals surface area contributed by atoms with Crippen LogP contribution in [0.1, 0.15) is 39.5 Å². The molecule has 0 bridgehead atoms. The normalized spacial score (nSPS) is 30.7. The minimum absolute atomic E-state index is 0.251. The Morgan fingerprint density at radius 2 is 2.12 bits per heavy atom. The molecule has 98 valence electrons. The standard InChI is InChI=1S/C12H22N2O3/c1-8-5-4-6-12(13,7-8)11(17)14(3)9(2)10(15)16/h8-9H,4-7,13H2,1-3H3,(H,15,16). The molecular formula is C12H22N2O3. The van der Waals surface area contributed by atoms with E-state index in [0.717, 1.165) is 12.8 Å². The molecular weight excluding hydrogens is 220 g/mol. The van der Waals surface area contributed by atoms with Crippen LogP contribution in [0.5, 0.6) is 0 Å². The van der Waals surface area contributed by atoms with Gasteiger partial charge in [-0.2, -0.15) is 0 Å². The molecule has 0 aromatic heterocycles. The first kappa shape index (κ1) is 14.0. The van der Waals surface area contributed by atoms with Crippen LogP contribution in [-0.4, -0.2) is 40.5 Å². The number of rotatable bonds is 3. The number of amides is 1. The quantitative estimate of drug-likeness (QED) is 0.767. The molecule has 3 unspecified atom stereocenters. The molecule has 1 aliphatic carbocycles. The van der Waals surface area contributed by atoms with E-state index >= 15 is 0 Å². The highest BCUT2D eigenvalue weighted by atomic mass is 16.4. The lowest BCUT2D eigenvalue weighted by atomic mass is 9.76. The maximum atomic E-state index is 12.2. The molecule has 0 aromatic rings. The third-order valence-corrected chi connectivity index (χ3v) is 3.72. The van der Waals surface area contributed by atoms with Gasteiger partial charge in [-0.15, -0.1) is 0 Å². The largest absolute Gasteiger partial charge is 0.480 e. The predicted octanol–water partition coefficient (Wildman–Crippen LogP) is 0.826. The van der Waals surface area contributed by atoms with Gasteiger partial charge in [0.05, 0.1) is 5.54 Å². The number of aliphatic carboxylic acids is 1. The van der Waals surface area contributed by atoms with Gasteiger partial charge in [0.25, 0.3) is 0 Å². The zero-order chi connectivity index (χ0) is 13.2. The second-order valence-electron chi connectivity index (χ2n) is 5.29. The van der Waals surface area contributed by atoms with Crippen LogP contribution in [0.4, 0.5) is 0 Å². The van der Waals surface area contributed by atoms with E-state index in [4.69, 9.17) is 10.8 Å². The number of carboxylic acid groups (broad SMARTS) is 1. The number of carbonyl (C=O) groups is 2. The molecule has 3 N–H and O–H groups in total. The fourth-order valence-electron chi connectivity index (χ4n) is 2.48. The molecule has 3 atom stereocenters. The average Bonchev–Trinajstić information content (AvgIpc) is 2.25. The number of nitrogens with zero attached hydrogens (tertiary/aromatic N) is 1. The van der Waals surface area contributed by atoms with Crippen molar-refractivity contribution in [1.82, 2.24) is 4.90 Å². The zero-order valence-corrected chi connectivity index (χ0v) is 10.8. The number of likely N-dealkylation sites (N-methyl/N-ethyl adjacent to an activating group) is 1. The molecule has 0 aliphatic heterocycles. The van der Waals surface area contributed by atoms with Crippen molar-refractivity contribution in [3.05, 3.63) is 0 Å². The van der Waals surface area contributed by atoms with E-state index in [2.05, 4.69) is 6.92 Å².